The van der Waals surface area contributed by atoms with Gasteiger partial charge in [0, 0.05) is 17.6 Å². The molecule has 0 spiro atoms. The van der Waals surface area contributed by atoms with Crippen molar-refractivity contribution in [1.82, 2.24) is 5.32 Å². The molecule has 0 aromatic rings. The molecule has 114 valence electrons. The first-order chi connectivity index (χ1) is 9.16. The average molecular weight is 285 g/mol. The van der Waals surface area contributed by atoms with Crippen molar-refractivity contribution in [2.45, 2.75) is 40.7 Å². The van der Waals surface area contributed by atoms with E-state index in [1.807, 2.05) is 0 Å². The molecule has 0 saturated carbocycles. The fourth-order valence-electron chi connectivity index (χ4n) is 1.06. The summed E-state index contributed by atoms with van der Waals surface area (Å²) in [6.45, 7) is 9.06. The number of ether oxygens (including phenoxy) is 2. The Labute approximate surface area is 119 Å². The molecule has 1 amide bonds. The van der Waals surface area contributed by atoms with E-state index in [2.05, 4.69) is 10.1 Å². The van der Waals surface area contributed by atoms with Gasteiger partial charge in [-0.25, -0.2) is 9.59 Å². The van der Waals surface area contributed by atoms with Gasteiger partial charge < -0.3 is 14.8 Å². The fourth-order valence-corrected chi connectivity index (χ4v) is 1.06. The minimum atomic E-state index is -0.657. The summed E-state index contributed by atoms with van der Waals surface area (Å²) in [5.74, 6) is -1.38. The first kappa shape index (κ1) is 18.1. The van der Waals surface area contributed by atoms with E-state index in [1.54, 1.807) is 34.6 Å². The van der Waals surface area contributed by atoms with Crippen LogP contribution in [0.25, 0.3) is 0 Å². The molecule has 1 atom stereocenters. The third-order valence-corrected chi connectivity index (χ3v) is 2.18. The zero-order chi connectivity index (χ0) is 15.8. The van der Waals surface area contributed by atoms with Gasteiger partial charge >= 0.3 is 11.9 Å². The summed E-state index contributed by atoms with van der Waals surface area (Å²) in [5, 5.41) is 2.73. The second kappa shape index (κ2) is 8.35. The van der Waals surface area contributed by atoms with Crippen molar-refractivity contribution < 1.29 is 23.9 Å². The van der Waals surface area contributed by atoms with Crippen LogP contribution in [0.4, 0.5) is 0 Å². The number of carbonyl (C=O) groups excluding carboxylic acids is 3. The molecule has 0 bridgehead atoms. The molecule has 6 heteroatoms. The van der Waals surface area contributed by atoms with Crippen molar-refractivity contribution in [2.75, 3.05) is 13.2 Å². The van der Waals surface area contributed by atoms with Crippen LogP contribution < -0.4 is 5.32 Å². The van der Waals surface area contributed by atoms with Crippen molar-refractivity contribution in [3.8, 4) is 0 Å². The van der Waals surface area contributed by atoms with Crippen molar-refractivity contribution >= 4 is 17.8 Å². The Morgan fingerprint density at radius 1 is 1.10 bits per heavy atom. The largest absolute Gasteiger partial charge is 0.463 e. The number of nitrogens with one attached hydrogen (secondary N) is 1. The first-order valence-electron chi connectivity index (χ1n) is 6.49. The molecule has 0 aliphatic rings. The van der Waals surface area contributed by atoms with E-state index >= 15 is 0 Å². The quantitative estimate of drug-likeness (QED) is 0.586. The number of hydrogen-bond acceptors (Lipinski definition) is 5. The van der Waals surface area contributed by atoms with Crippen molar-refractivity contribution in [2.24, 2.45) is 5.41 Å². The van der Waals surface area contributed by atoms with Crippen LogP contribution in [-0.2, 0) is 23.9 Å². The lowest BCUT2D eigenvalue weighted by molar-refractivity contribution is -0.141. The summed E-state index contributed by atoms with van der Waals surface area (Å²) >= 11 is 0. The summed E-state index contributed by atoms with van der Waals surface area (Å²) in [7, 11) is 0. The molecule has 0 rings (SSSR count). The number of rotatable bonds is 6. The molecule has 0 fully saturated rings. The van der Waals surface area contributed by atoms with Crippen LogP contribution in [0.5, 0.6) is 0 Å². The van der Waals surface area contributed by atoms with E-state index in [9.17, 15) is 14.4 Å². The number of carbonyl (C=O) groups is 3. The maximum Gasteiger partial charge on any atom is 0.331 e. The smallest absolute Gasteiger partial charge is 0.331 e. The standard InChI is InChI=1S/C14H23NO5/c1-6-19-11(16)7-8-12(17)20-9-10(2)15-13(18)14(3,4)5/h7-8,10H,6,9H2,1-5H3,(H,15,18)/b8-7+/t10-/m1/s1. The lowest BCUT2D eigenvalue weighted by Gasteiger charge is -2.21. The highest BCUT2D eigenvalue weighted by atomic mass is 16.5. The topological polar surface area (TPSA) is 81.7 Å². The molecular weight excluding hydrogens is 262 g/mol. The van der Waals surface area contributed by atoms with Gasteiger partial charge in [-0.2, -0.15) is 0 Å². The van der Waals surface area contributed by atoms with Crippen molar-refractivity contribution in [3.05, 3.63) is 12.2 Å². The molecule has 20 heavy (non-hydrogen) atoms. The zero-order valence-corrected chi connectivity index (χ0v) is 12.7. The summed E-state index contributed by atoms with van der Waals surface area (Å²) in [5.41, 5.74) is -0.498. The van der Waals surface area contributed by atoms with Gasteiger partial charge in [-0.05, 0) is 13.8 Å². The highest BCUT2D eigenvalue weighted by molar-refractivity contribution is 5.91. The highest BCUT2D eigenvalue weighted by Gasteiger charge is 2.22. The monoisotopic (exact) mass is 285 g/mol. The summed E-state index contributed by atoms with van der Waals surface area (Å²) in [6, 6.07) is -0.304. The Balaban J connectivity index is 4.07. The molecule has 6 nitrogen and oxygen atoms in total. The lowest BCUT2D eigenvalue weighted by Crippen LogP contribution is -2.42. The van der Waals surface area contributed by atoms with Crippen LogP contribution in [-0.4, -0.2) is 37.1 Å². The van der Waals surface area contributed by atoms with Gasteiger partial charge in [-0.3, -0.25) is 4.79 Å². The summed E-state index contributed by atoms with van der Waals surface area (Å²) < 4.78 is 9.52. The Kier molecular flexibility index (Phi) is 7.57. The molecule has 0 unspecified atom stereocenters. The maximum atomic E-state index is 11.7. The number of hydrogen-bond donors (Lipinski definition) is 1. The molecule has 0 aliphatic heterocycles. The van der Waals surface area contributed by atoms with Crippen molar-refractivity contribution in [1.29, 1.82) is 0 Å². The lowest BCUT2D eigenvalue weighted by atomic mass is 9.95. The summed E-state index contributed by atoms with van der Waals surface area (Å²) in [6.07, 6.45) is 2.00. The van der Waals surface area contributed by atoms with Gasteiger partial charge in [0.2, 0.25) is 5.91 Å². The van der Waals surface area contributed by atoms with E-state index < -0.39 is 17.4 Å². The molecule has 1 N–H and O–H groups in total. The maximum absolute atomic E-state index is 11.7. The second-order valence-electron chi connectivity index (χ2n) is 5.34. The van der Waals surface area contributed by atoms with E-state index in [0.717, 1.165) is 12.2 Å². The first-order valence-corrected chi connectivity index (χ1v) is 6.49. The molecule has 0 radical (unpaired) electrons. The van der Waals surface area contributed by atoms with E-state index in [-0.39, 0.29) is 25.2 Å². The Bertz CT molecular complexity index is 382. The Morgan fingerprint density at radius 2 is 1.60 bits per heavy atom. The second-order valence-corrected chi connectivity index (χ2v) is 5.34. The molecule has 0 aromatic heterocycles. The van der Waals surface area contributed by atoms with Crippen LogP contribution >= 0.6 is 0 Å². The highest BCUT2D eigenvalue weighted by Crippen LogP contribution is 2.12. The number of esters is 2. The summed E-state index contributed by atoms with van der Waals surface area (Å²) in [4.78, 5) is 34.0. The Hall–Kier alpha value is -1.85. The molecule has 0 aromatic carbocycles. The van der Waals surface area contributed by atoms with Gasteiger partial charge in [0.1, 0.15) is 6.61 Å². The van der Waals surface area contributed by atoms with Crippen LogP contribution in [0.3, 0.4) is 0 Å². The van der Waals surface area contributed by atoms with E-state index in [0.29, 0.717) is 0 Å². The fraction of sp³-hybridized carbons (Fsp3) is 0.643. The SMILES string of the molecule is CCOC(=O)/C=C/C(=O)OC[C@@H](C)NC(=O)C(C)(C)C. The minimum absolute atomic E-state index is 0.0355. The van der Waals surface area contributed by atoms with Gasteiger partial charge in [0.15, 0.2) is 0 Å². The van der Waals surface area contributed by atoms with Crippen LogP contribution in [0.1, 0.15) is 34.6 Å². The van der Waals surface area contributed by atoms with Crippen molar-refractivity contribution in [3.63, 3.8) is 0 Å². The predicted octanol–water partition coefficient (Wildman–Crippen LogP) is 1.20. The van der Waals surface area contributed by atoms with E-state index in [4.69, 9.17) is 4.74 Å². The molecule has 0 aliphatic carbocycles. The van der Waals surface area contributed by atoms with Gasteiger partial charge in [0.25, 0.3) is 0 Å². The van der Waals surface area contributed by atoms with Crippen LogP contribution in [0.15, 0.2) is 12.2 Å². The normalized spacial score (nSPS) is 12.8. The molecule has 0 saturated heterocycles. The van der Waals surface area contributed by atoms with E-state index in [1.165, 1.54) is 0 Å². The third kappa shape index (κ3) is 8.29. The third-order valence-electron chi connectivity index (χ3n) is 2.18. The molecular formula is C14H23NO5. The van der Waals surface area contributed by atoms with Gasteiger partial charge in [0.05, 0.1) is 12.6 Å². The minimum Gasteiger partial charge on any atom is -0.463 e. The predicted molar refractivity (Wildman–Crippen MR) is 73.8 cm³/mol. The zero-order valence-electron chi connectivity index (χ0n) is 12.7. The van der Waals surface area contributed by atoms with Crippen LogP contribution in [0, 0.1) is 5.41 Å². The molecule has 0 heterocycles. The average Bonchev–Trinajstić information content (AvgIpc) is 2.33. The van der Waals surface area contributed by atoms with Gasteiger partial charge in [-0.1, -0.05) is 20.8 Å². The van der Waals surface area contributed by atoms with Crippen LogP contribution in [0.2, 0.25) is 0 Å². The van der Waals surface area contributed by atoms with Gasteiger partial charge in [-0.15, -0.1) is 0 Å². The number of amides is 1. The Morgan fingerprint density at radius 3 is 2.05 bits per heavy atom.